The van der Waals surface area contributed by atoms with E-state index in [1.54, 1.807) is 16.8 Å². The molecule has 3 rings (SSSR count). The number of nitrogens with one attached hydrogen (secondary N) is 1. The molecule has 0 bridgehead atoms. The van der Waals surface area contributed by atoms with Crippen LogP contribution in [-0.4, -0.2) is 26.3 Å². The van der Waals surface area contributed by atoms with Crippen LogP contribution >= 0.6 is 0 Å². The second-order valence-corrected chi connectivity index (χ2v) is 7.38. The molecule has 1 aromatic heterocycles. The van der Waals surface area contributed by atoms with E-state index in [-0.39, 0.29) is 23.5 Å². The van der Waals surface area contributed by atoms with Crippen molar-refractivity contribution in [1.29, 1.82) is 0 Å². The largest absolute Gasteiger partial charge is 0.506 e. The summed E-state index contributed by atoms with van der Waals surface area (Å²) in [6.07, 6.45) is 2.59. The monoisotopic (exact) mass is 349 g/mol. The van der Waals surface area contributed by atoms with Gasteiger partial charge in [-0.15, -0.1) is 0 Å². The number of anilines is 1. The first-order valence-electron chi connectivity index (χ1n) is 7.72. The van der Waals surface area contributed by atoms with Gasteiger partial charge in [-0.25, -0.2) is 4.21 Å². The maximum absolute atomic E-state index is 12.7. The van der Waals surface area contributed by atoms with E-state index in [1.807, 2.05) is 0 Å². The standard InChI is InChI=1S/C16H19N3O4S/c1-10(2)3-5-18-6-4-11-7-14(20)13(8-12(11)16(18)22)19-9-15(21)17-24(19)23/h4,6-8,10,20H,3,5,9H2,1-2H3,(H,17,21). The molecule has 2 heterocycles. The van der Waals surface area contributed by atoms with Gasteiger partial charge in [0.15, 0.2) is 0 Å². The minimum absolute atomic E-state index is 0.119. The van der Waals surface area contributed by atoms with Crippen molar-refractivity contribution in [3.63, 3.8) is 0 Å². The van der Waals surface area contributed by atoms with Crippen molar-refractivity contribution in [3.8, 4) is 5.75 Å². The van der Waals surface area contributed by atoms with Crippen LogP contribution < -0.4 is 14.6 Å². The molecule has 8 heteroatoms. The highest BCUT2D eigenvalue weighted by Gasteiger charge is 2.29. The van der Waals surface area contributed by atoms with E-state index >= 15 is 0 Å². The fourth-order valence-electron chi connectivity index (χ4n) is 2.63. The van der Waals surface area contributed by atoms with Gasteiger partial charge in [0.1, 0.15) is 12.3 Å². The molecule has 0 aliphatic carbocycles. The normalized spacial score (nSPS) is 17.7. The summed E-state index contributed by atoms with van der Waals surface area (Å²) in [4.78, 5) is 24.1. The topological polar surface area (TPSA) is 91.6 Å². The Morgan fingerprint density at radius 3 is 2.71 bits per heavy atom. The molecule has 1 aliphatic heterocycles. The Hall–Kier alpha value is -2.35. The number of carbonyl (C=O) groups is 1. The van der Waals surface area contributed by atoms with E-state index in [4.69, 9.17) is 0 Å². The second-order valence-electron chi connectivity index (χ2n) is 6.24. The smallest absolute Gasteiger partial charge is 0.258 e. The van der Waals surface area contributed by atoms with E-state index in [0.717, 1.165) is 6.42 Å². The number of hydrogen-bond acceptors (Lipinski definition) is 4. The van der Waals surface area contributed by atoms with Crippen molar-refractivity contribution >= 4 is 33.5 Å². The van der Waals surface area contributed by atoms with Crippen molar-refractivity contribution in [2.24, 2.45) is 5.92 Å². The average molecular weight is 349 g/mol. The molecular formula is C16H19N3O4S. The highest BCUT2D eigenvalue weighted by Crippen LogP contribution is 2.32. The number of phenolic OH excluding ortho intramolecular Hbond substituents is 1. The number of amides is 1. The van der Waals surface area contributed by atoms with Gasteiger partial charge in [0, 0.05) is 18.1 Å². The number of pyridine rings is 1. The summed E-state index contributed by atoms with van der Waals surface area (Å²) in [5.74, 6) is -0.0333. The van der Waals surface area contributed by atoms with Gasteiger partial charge < -0.3 is 9.67 Å². The molecule has 2 aromatic rings. The lowest BCUT2D eigenvalue weighted by molar-refractivity contribution is -0.117. The third-order valence-electron chi connectivity index (χ3n) is 3.98. The zero-order valence-electron chi connectivity index (χ0n) is 13.5. The minimum atomic E-state index is -1.75. The first-order chi connectivity index (χ1) is 11.4. The Morgan fingerprint density at radius 1 is 1.33 bits per heavy atom. The Labute approximate surface area is 141 Å². The van der Waals surface area contributed by atoms with Crippen LogP contribution in [0.2, 0.25) is 0 Å². The maximum Gasteiger partial charge on any atom is 0.258 e. The number of nitrogens with zero attached hydrogens (tertiary/aromatic N) is 2. The number of phenols is 1. The highest BCUT2D eigenvalue weighted by molar-refractivity contribution is 7.85. The number of benzene rings is 1. The van der Waals surface area contributed by atoms with E-state index < -0.39 is 17.1 Å². The molecule has 7 nitrogen and oxygen atoms in total. The third kappa shape index (κ3) is 3.01. The summed E-state index contributed by atoms with van der Waals surface area (Å²) >= 11 is -1.75. The summed E-state index contributed by atoms with van der Waals surface area (Å²) in [6, 6.07) is 4.72. The van der Waals surface area contributed by atoms with Crippen LogP contribution in [-0.2, 0) is 22.5 Å². The highest BCUT2D eigenvalue weighted by atomic mass is 32.2. The summed E-state index contributed by atoms with van der Waals surface area (Å²) in [7, 11) is 0. The van der Waals surface area contributed by atoms with Gasteiger partial charge in [-0.05, 0) is 35.9 Å². The van der Waals surface area contributed by atoms with Crippen LogP contribution in [0.5, 0.6) is 5.75 Å². The molecule has 1 unspecified atom stereocenters. The van der Waals surface area contributed by atoms with Crippen LogP contribution in [0, 0.1) is 5.92 Å². The zero-order valence-corrected chi connectivity index (χ0v) is 14.3. The third-order valence-corrected chi connectivity index (χ3v) is 5.11. The van der Waals surface area contributed by atoms with Gasteiger partial charge in [0.05, 0.1) is 5.69 Å². The van der Waals surface area contributed by atoms with Gasteiger partial charge in [0.2, 0.25) is 11.2 Å². The number of aromatic nitrogens is 1. The SMILES string of the molecule is CC(C)CCn1ccc2cc(O)c(N3CC(=O)NS3=O)cc2c1=O. The van der Waals surface area contributed by atoms with Crippen LogP contribution in [0.3, 0.4) is 0 Å². The summed E-state index contributed by atoms with van der Waals surface area (Å²) < 4.78 is 17.0. The van der Waals surface area contributed by atoms with Gasteiger partial charge >= 0.3 is 0 Å². The molecule has 1 fully saturated rings. The molecule has 1 aromatic carbocycles. The molecule has 1 atom stereocenters. The Kier molecular flexibility index (Phi) is 4.31. The van der Waals surface area contributed by atoms with Gasteiger partial charge in [-0.2, -0.15) is 0 Å². The number of rotatable bonds is 4. The fourth-order valence-corrected chi connectivity index (χ4v) is 3.56. The van der Waals surface area contributed by atoms with Crippen molar-refractivity contribution < 1.29 is 14.1 Å². The Bertz CT molecular complexity index is 891. The number of hydrogen-bond donors (Lipinski definition) is 2. The number of aryl methyl sites for hydroxylation is 1. The van der Waals surface area contributed by atoms with E-state index in [0.29, 0.717) is 23.2 Å². The summed E-state index contributed by atoms with van der Waals surface area (Å²) in [6.45, 7) is 4.67. The molecule has 0 radical (unpaired) electrons. The van der Waals surface area contributed by atoms with Crippen LogP contribution in [0.1, 0.15) is 20.3 Å². The molecule has 2 N–H and O–H groups in total. The molecule has 0 saturated carbocycles. The average Bonchev–Trinajstić information content (AvgIpc) is 2.84. The predicted octanol–water partition coefficient (Wildman–Crippen LogP) is 1.27. The molecule has 0 spiro atoms. The lowest BCUT2D eigenvalue weighted by Crippen LogP contribution is -2.24. The van der Waals surface area contributed by atoms with Crippen molar-refractivity contribution in [3.05, 3.63) is 34.7 Å². The molecule has 1 saturated heterocycles. The van der Waals surface area contributed by atoms with Crippen LogP contribution in [0.25, 0.3) is 10.8 Å². The Morgan fingerprint density at radius 2 is 2.08 bits per heavy atom. The fraction of sp³-hybridized carbons (Fsp3) is 0.375. The minimum Gasteiger partial charge on any atom is -0.506 e. The van der Waals surface area contributed by atoms with E-state index in [9.17, 15) is 18.9 Å². The summed E-state index contributed by atoms with van der Waals surface area (Å²) in [5, 5.41) is 11.2. The molecule has 128 valence electrons. The molecule has 1 aliphatic rings. The van der Waals surface area contributed by atoms with E-state index in [2.05, 4.69) is 18.6 Å². The first-order valence-corrected chi connectivity index (χ1v) is 8.82. The molecule has 24 heavy (non-hydrogen) atoms. The maximum atomic E-state index is 12.7. The molecule has 1 amide bonds. The number of fused-ring (bicyclic) bond motifs is 1. The van der Waals surface area contributed by atoms with Crippen LogP contribution in [0.4, 0.5) is 5.69 Å². The van der Waals surface area contributed by atoms with Crippen LogP contribution in [0.15, 0.2) is 29.2 Å². The van der Waals surface area contributed by atoms with E-state index in [1.165, 1.54) is 16.4 Å². The first kappa shape index (κ1) is 16.5. The van der Waals surface area contributed by atoms with Gasteiger partial charge in [-0.3, -0.25) is 18.6 Å². The quantitative estimate of drug-likeness (QED) is 0.869. The van der Waals surface area contributed by atoms with Gasteiger partial charge in [0.25, 0.3) is 11.5 Å². The Balaban J connectivity index is 2.07. The van der Waals surface area contributed by atoms with Crippen molar-refractivity contribution in [1.82, 2.24) is 9.29 Å². The van der Waals surface area contributed by atoms with Crippen molar-refractivity contribution in [2.45, 2.75) is 26.8 Å². The number of aromatic hydroxyl groups is 1. The van der Waals surface area contributed by atoms with Gasteiger partial charge in [-0.1, -0.05) is 13.8 Å². The lowest BCUT2D eigenvalue weighted by Gasteiger charge is -2.16. The summed E-state index contributed by atoms with van der Waals surface area (Å²) in [5.41, 5.74) is 0.0385. The van der Waals surface area contributed by atoms with Crippen molar-refractivity contribution in [2.75, 3.05) is 10.8 Å². The zero-order chi connectivity index (χ0) is 17.4. The second kappa shape index (κ2) is 6.27. The predicted molar refractivity (Wildman–Crippen MR) is 93.0 cm³/mol. The number of carbonyl (C=O) groups excluding carboxylic acids is 1. The lowest BCUT2D eigenvalue weighted by atomic mass is 10.1. The molecular weight excluding hydrogens is 330 g/mol.